The Kier molecular flexibility index (Phi) is 4.47. The van der Waals surface area contributed by atoms with Crippen LogP contribution in [0, 0.1) is 5.82 Å². The average Bonchev–Trinajstić information content (AvgIpc) is 2.29. The molecule has 0 saturated heterocycles. The average molecular weight is 260 g/mol. The highest BCUT2D eigenvalue weighted by Gasteiger charge is 2.21. The van der Waals surface area contributed by atoms with Gasteiger partial charge in [0.15, 0.2) is 0 Å². The second-order valence-corrected chi connectivity index (χ2v) is 5.50. The van der Waals surface area contributed by atoms with E-state index < -0.39 is 15.8 Å². The standard InChI is InChI=1S/C11H17FN2O2S/c1-3-9(4-2)14-17(15,16)11-7-8(12)5-6-10(11)13/h5-7,9,14H,3-4,13H2,1-2H3. The van der Waals surface area contributed by atoms with Gasteiger partial charge in [0, 0.05) is 6.04 Å². The number of benzene rings is 1. The molecule has 0 fully saturated rings. The molecule has 96 valence electrons. The van der Waals surface area contributed by atoms with Crippen molar-refractivity contribution in [1.82, 2.24) is 4.72 Å². The number of nitrogens with one attached hydrogen (secondary N) is 1. The Balaban J connectivity index is 3.09. The van der Waals surface area contributed by atoms with E-state index >= 15 is 0 Å². The summed E-state index contributed by atoms with van der Waals surface area (Å²) in [6.07, 6.45) is 1.34. The second kappa shape index (κ2) is 5.46. The molecular weight excluding hydrogens is 243 g/mol. The van der Waals surface area contributed by atoms with E-state index in [-0.39, 0.29) is 16.6 Å². The first kappa shape index (κ1) is 13.9. The smallest absolute Gasteiger partial charge is 0.242 e. The van der Waals surface area contributed by atoms with Gasteiger partial charge in [-0.05, 0) is 31.0 Å². The number of sulfonamides is 1. The van der Waals surface area contributed by atoms with Crippen molar-refractivity contribution in [2.45, 2.75) is 37.6 Å². The predicted molar refractivity (Wildman–Crippen MR) is 65.5 cm³/mol. The maximum Gasteiger partial charge on any atom is 0.242 e. The fraction of sp³-hybridized carbons (Fsp3) is 0.455. The van der Waals surface area contributed by atoms with Crippen LogP contribution in [0.4, 0.5) is 10.1 Å². The fourth-order valence-electron chi connectivity index (χ4n) is 1.48. The minimum Gasteiger partial charge on any atom is -0.398 e. The molecule has 0 aromatic heterocycles. The molecule has 0 heterocycles. The lowest BCUT2D eigenvalue weighted by Crippen LogP contribution is -2.34. The van der Waals surface area contributed by atoms with Crippen molar-refractivity contribution < 1.29 is 12.8 Å². The van der Waals surface area contributed by atoms with Crippen molar-refractivity contribution >= 4 is 15.7 Å². The summed E-state index contributed by atoms with van der Waals surface area (Å²) in [5.74, 6) is -0.621. The van der Waals surface area contributed by atoms with Crippen LogP contribution >= 0.6 is 0 Å². The van der Waals surface area contributed by atoms with Crippen LogP contribution in [0.5, 0.6) is 0 Å². The maximum absolute atomic E-state index is 13.0. The summed E-state index contributed by atoms with van der Waals surface area (Å²) in [7, 11) is -3.75. The molecule has 0 bridgehead atoms. The zero-order chi connectivity index (χ0) is 13.1. The van der Waals surface area contributed by atoms with Gasteiger partial charge in [-0.15, -0.1) is 0 Å². The van der Waals surface area contributed by atoms with Gasteiger partial charge in [0.25, 0.3) is 0 Å². The number of anilines is 1. The first-order chi connectivity index (χ1) is 7.90. The van der Waals surface area contributed by atoms with E-state index in [0.717, 1.165) is 12.1 Å². The number of nitrogens with two attached hydrogens (primary N) is 1. The number of hydrogen-bond acceptors (Lipinski definition) is 3. The zero-order valence-corrected chi connectivity index (χ0v) is 10.7. The minimum absolute atomic E-state index is 0.0462. The summed E-state index contributed by atoms with van der Waals surface area (Å²) < 4.78 is 39.5. The Morgan fingerprint density at radius 1 is 1.35 bits per heavy atom. The first-order valence-corrected chi connectivity index (χ1v) is 6.96. The Morgan fingerprint density at radius 3 is 2.47 bits per heavy atom. The highest BCUT2D eigenvalue weighted by atomic mass is 32.2. The molecule has 1 rings (SSSR count). The number of rotatable bonds is 5. The van der Waals surface area contributed by atoms with Gasteiger partial charge in [0.1, 0.15) is 10.7 Å². The van der Waals surface area contributed by atoms with Gasteiger partial charge in [0.05, 0.1) is 5.69 Å². The monoisotopic (exact) mass is 260 g/mol. The van der Waals surface area contributed by atoms with Crippen LogP contribution in [-0.4, -0.2) is 14.5 Å². The second-order valence-electron chi connectivity index (χ2n) is 3.82. The van der Waals surface area contributed by atoms with E-state index in [4.69, 9.17) is 5.73 Å². The van der Waals surface area contributed by atoms with Crippen LogP contribution in [0.25, 0.3) is 0 Å². The van der Waals surface area contributed by atoms with Crippen molar-refractivity contribution in [3.63, 3.8) is 0 Å². The molecule has 0 aliphatic carbocycles. The lowest BCUT2D eigenvalue weighted by molar-refractivity contribution is 0.529. The SMILES string of the molecule is CCC(CC)NS(=O)(=O)c1cc(F)ccc1N. The zero-order valence-electron chi connectivity index (χ0n) is 9.90. The van der Waals surface area contributed by atoms with E-state index in [0.29, 0.717) is 12.8 Å². The molecule has 3 N–H and O–H groups in total. The van der Waals surface area contributed by atoms with Crippen molar-refractivity contribution in [3.8, 4) is 0 Å². The van der Waals surface area contributed by atoms with Gasteiger partial charge in [-0.2, -0.15) is 0 Å². The molecule has 0 atom stereocenters. The van der Waals surface area contributed by atoms with Gasteiger partial charge in [0.2, 0.25) is 10.0 Å². The van der Waals surface area contributed by atoms with E-state index in [1.807, 2.05) is 13.8 Å². The first-order valence-electron chi connectivity index (χ1n) is 5.48. The van der Waals surface area contributed by atoms with Gasteiger partial charge in [-0.1, -0.05) is 13.8 Å². The summed E-state index contributed by atoms with van der Waals surface area (Å²) >= 11 is 0. The molecule has 0 amide bonds. The topological polar surface area (TPSA) is 72.2 Å². The van der Waals surface area contributed by atoms with Gasteiger partial charge < -0.3 is 5.73 Å². The molecule has 0 unspecified atom stereocenters. The van der Waals surface area contributed by atoms with Gasteiger partial charge in [-0.3, -0.25) is 0 Å². The van der Waals surface area contributed by atoms with Crippen LogP contribution < -0.4 is 10.5 Å². The normalized spacial score (nSPS) is 12.0. The van der Waals surface area contributed by atoms with Crippen LogP contribution in [-0.2, 0) is 10.0 Å². The lowest BCUT2D eigenvalue weighted by Gasteiger charge is -2.16. The molecule has 0 spiro atoms. The summed E-state index contributed by atoms with van der Waals surface area (Å²) in [6, 6.07) is 3.14. The minimum atomic E-state index is -3.75. The molecule has 1 aromatic carbocycles. The van der Waals surface area contributed by atoms with E-state index in [2.05, 4.69) is 4.72 Å². The van der Waals surface area contributed by atoms with Crippen LogP contribution in [0.2, 0.25) is 0 Å². The van der Waals surface area contributed by atoms with Crippen molar-refractivity contribution in [1.29, 1.82) is 0 Å². The molecular formula is C11H17FN2O2S. The number of nitrogen functional groups attached to an aromatic ring is 1. The number of hydrogen-bond donors (Lipinski definition) is 2. The third-order valence-corrected chi connectivity index (χ3v) is 4.15. The predicted octanol–water partition coefficient (Wildman–Crippen LogP) is 1.87. The summed E-state index contributed by atoms with van der Waals surface area (Å²) in [5, 5.41) is 0. The van der Waals surface area contributed by atoms with E-state index in [9.17, 15) is 12.8 Å². The molecule has 1 aromatic rings. The van der Waals surface area contributed by atoms with Crippen molar-refractivity contribution in [3.05, 3.63) is 24.0 Å². The molecule has 0 radical (unpaired) electrons. The Bertz CT molecular complexity index is 484. The van der Waals surface area contributed by atoms with Crippen LogP contribution in [0.15, 0.2) is 23.1 Å². The fourth-order valence-corrected chi connectivity index (χ4v) is 3.02. The van der Waals surface area contributed by atoms with E-state index in [1.165, 1.54) is 6.07 Å². The van der Waals surface area contributed by atoms with Crippen LogP contribution in [0.1, 0.15) is 26.7 Å². The van der Waals surface area contributed by atoms with Gasteiger partial charge >= 0.3 is 0 Å². The molecule has 6 heteroatoms. The molecule has 0 aliphatic rings. The summed E-state index contributed by atoms with van der Waals surface area (Å²) in [5.41, 5.74) is 5.59. The third-order valence-electron chi connectivity index (χ3n) is 2.57. The molecule has 4 nitrogen and oxygen atoms in total. The molecule has 0 saturated carbocycles. The van der Waals surface area contributed by atoms with Crippen LogP contribution in [0.3, 0.4) is 0 Å². The highest BCUT2D eigenvalue weighted by Crippen LogP contribution is 2.19. The lowest BCUT2D eigenvalue weighted by atomic mass is 10.2. The number of halogens is 1. The maximum atomic E-state index is 13.0. The largest absolute Gasteiger partial charge is 0.398 e. The third kappa shape index (κ3) is 3.41. The quantitative estimate of drug-likeness (QED) is 0.794. The summed E-state index contributed by atoms with van der Waals surface area (Å²) in [6.45, 7) is 3.76. The van der Waals surface area contributed by atoms with E-state index in [1.54, 1.807) is 0 Å². The highest BCUT2D eigenvalue weighted by molar-refractivity contribution is 7.89. The Hall–Kier alpha value is -1.14. The van der Waals surface area contributed by atoms with Crippen molar-refractivity contribution in [2.75, 3.05) is 5.73 Å². The molecule has 17 heavy (non-hydrogen) atoms. The van der Waals surface area contributed by atoms with Crippen molar-refractivity contribution in [2.24, 2.45) is 0 Å². The Morgan fingerprint density at radius 2 is 1.94 bits per heavy atom. The summed E-state index contributed by atoms with van der Waals surface area (Å²) in [4.78, 5) is -0.204. The van der Waals surface area contributed by atoms with Gasteiger partial charge in [-0.25, -0.2) is 17.5 Å². The Labute approximate surface area is 101 Å². The molecule has 0 aliphatic heterocycles.